The van der Waals surface area contributed by atoms with Gasteiger partial charge in [0.1, 0.15) is 17.3 Å². The second-order valence-corrected chi connectivity index (χ2v) is 5.54. The first-order valence-electron chi connectivity index (χ1n) is 7.84. The number of amidine groups is 1. The van der Waals surface area contributed by atoms with E-state index in [-0.39, 0.29) is 12.4 Å². The Bertz CT molecular complexity index is 870. The predicted octanol–water partition coefficient (Wildman–Crippen LogP) is 3.79. The van der Waals surface area contributed by atoms with Gasteiger partial charge in [-0.2, -0.15) is 0 Å². The lowest BCUT2D eigenvalue weighted by Crippen LogP contribution is -2.19. The number of ether oxygens (including phenoxy) is 1. The summed E-state index contributed by atoms with van der Waals surface area (Å²) in [5, 5.41) is 7.45. The first-order chi connectivity index (χ1) is 11.8. The Hall–Kier alpha value is -2.79. The fourth-order valence-electron chi connectivity index (χ4n) is 2.69. The van der Waals surface area contributed by atoms with Crippen molar-refractivity contribution in [1.82, 2.24) is 10.5 Å². The molecule has 1 aliphatic rings. The van der Waals surface area contributed by atoms with Gasteiger partial charge >= 0.3 is 0 Å². The summed E-state index contributed by atoms with van der Waals surface area (Å²) in [6.45, 7) is 1.75. The molecule has 0 aliphatic carbocycles. The SMILES string of the molecule is COc1ccc(-c2cc(-c3ccc(C4=NCCN4)cc3)no2)cc1.Cl. The van der Waals surface area contributed by atoms with Crippen molar-refractivity contribution in [3.8, 4) is 28.3 Å². The highest BCUT2D eigenvalue weighted by Crippen LogP contribution is 2.27. The Morgan fingerprint density at radius 1 is 0.960 bits per heavy atom. The lowest BCUT2D eigenvalue weighted by atomic mass is 10.1. The third-order valence-corrected chi connectivity index (χ3v) is 4.01. The second kappa shape index (κ2) is 7.40. The molecule has 0 saturated heterocycles. The minimum Gasteiger partial charge on any atom is -0.497 e. The molecule has 0 unspecified atom stereocenters. The van der Waals surface area contributed by atoms with Crippen molar-refractivity contribution < 1.29 is 9.26 Å². The average Bonchev–Trinajstić information content (AvgIpc) is 3.34. The first kappa shape index (κ1) is 17.0. The molecule has 0 bridgehead atoms. The van der Waals surface area contributed by atoms with Crippen LogP contribution in [-0.4, -0.2) is 31.2 Å². The number of nitrogens with one attached hydrogen (secondary N) is 1. The van der Waals surface area contributed by atoms with Gasteiger partial charge in [-0.3, -0.25) is 4.99 Å². The molecule has 2 aromatic carbocycles. The van der Waals surface area contributed by atoms with Crippen LogP contribution in [0.4, 0.5) is 0 Å². The van der Waals surface area contributed by atoms with E-state index in [4.69, 9.17) is 9.26 Å². The summed E-state index contributed by atoms with van der Waals surface area (Å²) in [6, 6.07) is 17.8. The van der Waals surface area contributed by atoms with Gasteiger partial charge in [0, 0.05) is 29.3 Å². The van der Waals surface area contributed by atoms with E-state index >= 15 is 0 Å². The molecule has 0 amide bonds. The Balaban J connectivity index is 0.00000182. The van der Waals surface area contributed by atoms with E-state index in [0.29, 0.717) is 0 Å². The first-order valence-corrected chi connectivity index (χ1v) is 7.84. The molecule has 6 heteroatoms. The van der Waals surface area contributed by atoms with Crippen LogP contribution in [0.2, 0.25) is 0 Å². The van der Waals surface area contributed by atoms with Gasteiger partial charge in [0.05, 0.1) is 13.7 Å². The van der Waals surface area contributed by atoms with Crippen molar-refractivity contribution in [3.63, 3.8) is 0 Å². The van der Waals surface area contributed by atoms with Crippen molar-refractivity contribution in [2.24, 2.45) is 4.99 Å². The monoisotopic (exact) mass is 355 g/mol. The number of benzene rings is 2. The van der Waals surface area contributed by atoms with E-state index in [1.54, 1.807) is 7.11 Å². The van der Waals surface area contributed by atoms with Gasteiger partial charge in [0.15, 0.2) is 5.76 Å². The normalized spacial score (nSPS) is 12.9. The number of methoxy groups -OCH3 is 1. The van der Waals surface area contributed by atoms with Crippen molar-refractivity contribution in [1.29, 1.82) is 0 Å². The van der Waals surface area contributed by atoms with E-state index < -0.39 is 0 Å². The van der Waals surface area contributed by atoms with Gasteiger partial charge in [-0.15, -0.1) is 12.4 Å². The maximum Gasteiger partial charge on any atom is 0.167 e. The van der Waals surface area contributed by atoms with Crippen LogP contribution in [0.5, 0.6) is 5.75 Å². The van der Waals surface area contributed by atoms with E-state index in [9.17, 15) is 0 Å². The molecule has 5 nitrogen and oxygen atoms in total. The van der Waals surface area contributed by atoms with Crippen LogP contribution in [0.25, 0.3) is 22.6 Å². The highest BCUT2D eigenvalue weighted by atomic mass is 35.5. The van der Waals surface area contributed by atoms with Crippen molar-refractivity contribution in [2.45, 2.75) is 0 Å². The second-order valence-electron chi connectivity index (χ2n) is 5.54. The number of aromatic nitrogens is 1. The molecular weight excluding hydrogens is 338 g/mol. The van der Waals surface area contributed by atoms with Crippen LogP contribution in [-0.2, 0) is 0 Å². The Morgan fingerprint density at radius 3 is 2.28 bits per heavy atom. The lowest BCUT2D eigenvalue weighted by Gasteiger charge is -2.02. The molecule has 2 heterocycles. The summed E-state index contributed by atoms with van der Waals surface area (Å²) in [5.41, 5.74) is 3.89. The topological polar surface area (TPSA) is 59.6 Å². The molecule has 4 rings (SSSR count). The average molecular weight is 356 g/mol. The summed E-state index contributed by atoms with van der Waals surface area (Å²) in [4.78, 5) is 4.43. The van der Waals surface area contributed by atoms with E-state index in [1.807, 2.05) is 54.6 Å². The molecule has 1 N–H and O–H groups in total. The zero-order chi connectivity index (χ0) is 16.4. The molecule has 128 valence electrons. The maximum atomic E-state index is 5.48. The standard InChI is InChI=1S/C19H17N3O2.ClH/c1-23-16-8-6-14(7-9-16)18-12-17(22-24-18)13-2-4-15(5-3-13)19-20-10-11-21-19;/h2-9,12H,10-11H2,1H3,(H,20,21);1H. The zero-order valence-corrected chi connectivity index (χ0v) is 14.5. The van der Waals surface area contributed by atoms with E-state index in [1.165, 1.54) is 0 Å². The van der Waals surface area contributed by atoms with Crippen LogP contribution in [0.1, 0.15) is 5.56 Å². The third kappa shape index (κ3) is 3.51. The number of hydrogen-bond donors (Lipinski definition) is 1. The summed E-state index contributed by atoms with van der Waals surface area (Å²) in [5.74, 6) is 2.51. The molecule has 1 aliphatic heterocycles. The molecule has 0 saturated carbocycles. The zero-order valence-electron chi connectivity index (χ0n) is 13.7. The molecular formula is C19H18ClN3O2. The van der Waals surface area contributed by atoms with E-state index in [0.717, 1.165) is 52.8 Å². The van der Waals surface area contributed by atoms with Crippen LogP contribution < -0.4 is 10.1 Å². The van der Waals surface area contributed by atoms with Crippen LogP contribution in [0.3, 0.4) is 0 Å². The number of halogens is 1. The quantitative estimate of drug-likeness (QED) is 0.773. The fourth-order valence-corrected chi connectivity index (χ4v) is 2.69. The van der Waals surface area contributed by atoms with E-state index in [2.05, 4.69) is 15.5 Å². The maximum absolute atomic E-state index is 5.48. The highest BCUT2D eigenvalue weighted by Gasteiger charge is 2.11. The smallest absolute Gasteiger partial charge is 0.167 e. The van der Waals surface area contributed by atoms with Gasteiger partial charge in [0.2, 0.25) is 0 Å². The van der Waals surface area contributed by atoms with Crippen LogP contribution in [0.15, 0.2) is 64.1 Å². The Kier molecular flexibility index (Phi) is 5.05. The van der Waals surface area contributed by atoms with Gasteiger partial charge in [-0.05, 0) is 24.3 Å². The van der Waals surface area contributed by atoms with Crippen LogP contribution >= 0.6 is 12.4 Å². The summed E-state index contributed by atoms with van der Waals surface area (Å²) >= 11 is 0. The lowest BCUT2D eigenvalue weighted by molar-refractivity contribution is 0.414. The molecule has 1 aromatic heterocycles. The van der Waals surface area contributed by atoms with Crippen molar-refractivity contribution in [3.05, 3.63) is 60.2 Å². The predicted molar refractivity (Wildman–Crippen MR) is 101 cm³/mol. The molecule has 25 heavy (non-hydrogen) atoms. The number of rotatable bonds is 4. The Labute approximate surface area is 152 Å². The molecule has 0 radical (unpaired) electrons. The van der Waals surface area contributed by atoms with Gasteiger partial charge in [-0.1, -0.05) is 29.4 Å². The molecule has 0 atom stereocenters. The number of hydrogen-bond acceptors (Lipinski definition) is 5. The summed E-state index contributed by atoms with van der Waals surface area (Å²) < 4.78 is 10.7. The van der Waals surface area contributed by atoms with Gasteiger partial charge < -0.3 is 14.6 Å². The van der Waals surface area contributed by atoms with Gasteiger partial charge in [-0.25, -0.2) is 0 Å². The molecule has 0 spiro atoms. The minimum absolute atomic E-state index is 0. The Morgan fingerprint density at radius 2 is 1.64 bits per heavy atom. The fraction of sp³-hybridized carbons (Fsp3) is 0.158. The largest absolute Gasteiger partial charge is 0.497 e. The highest BCUT2D eigenvalue weighted by molar-refractivity contribution is 6.00. The van der Waals surface area contributed by atoms with Crippen molar-refractivity contribution in [2.75, 3.05) is 20.2 Å². The molecule has 3 aromatic rings. The van der Waals surface area contributed by atoms with Crippen molar-refractivity contribution >= 4 is 18.2 Å². The molecule has 0 fully saturated rings. The summed E-state index contributed by atoms with van der Waals surface area (Å²) in [6.07, 6.45) is 0. The number of aliphatic imine (C=N–C) groups is 1. The number of nitrogens with zero attached hydrogens (tertiary/aromatic N) is 2. The minimum atomic E-state index is 0. The summed E-state index contributed by atoms with van der Waals surface area (Å²) in [7, 11) is 1.65. The van der Waals surface area contributed by atoms with Crippen LogP contribution in [0, 0.1) is 0 Å². The third-order valence-electron chi connectivity index (χ3n) is 4.01. The van der Waals surface area contributed by atoms with Gasteiger partial charge in [0.25, 0.3) is 0 Å².